The molecule has 8 nitrogen and oxygen atoms in total. The Labute approximate surface area is 273 Å². The Hall–Kier alpha value is -4.63. The zero-order valence-corrected chi connectivity index (χ0v) is 28.2. The van der Waals surface area contributed by atoms with E-state index in [2.05, 4.69) is 5.32 Å². The van der Waals surface area contributed by atoms with Gasteiger partial charge < -0.3 is 15.0 Å². The Morgan fingerprint density at radius 2 is 1.46 bits per heavy atom. The second kappa shape index (κ2) is 14.6. The van der Waals surface area contributed by atoms with E-state index in [-0.39, 0.29) is 23.8 Å². The molecule has 1 atom stereocenters. The number of hydrogen-bond acceptors (Lipinski definition) is 5. The predicted octanol–water partition coefficient (Wildman–Crippen LogP) is 6.06. The van der Waals surface area contributed by atoms with Gasteiger partial charge in [0.15, 0.2) is 0 Å². The first kappa shape index (κ1) is 34.2. The van der Waals surface area contributed by atoms with Crippen LogP contribution >= 0.6 is 0 Å². The summed E-state index contributed by atoms with van der Waals surface area (Å²) in [4.78, 5) is 30.3. The van der Waals surface area contributed by atoms with Crippen molar-refractivity contribution in [2.45, 2.75) is 64.1 Å². The van der Waals surface area contributed by atoms with Crippen LogP contribution in [0.4, 0.5) is 5.69 Å². The molecule has 0 aliphatic heterocycles. The number of amides is 2. The number of anilines is 1. The predicted molar refractivity (Wildman–Crippen MR) is 182 cm³/mol. The Kier molecular flexibility index (Phi) is 10.9. The number of sulfonamides is 1. The molecule has 4 aromatic rings. The fraction of sp³-hybridized carbons (Fsp3) is 0.297. The van der Waals surface area contributed by atoms with E-state index in [0.717, 1.165) is 21.0 Å². The van der Waals surface area contributed by atoms with E-state index in [1.165, 1.54) is 17.0 Å². The Balaban J connectivity index is 1.85. The first-order valence-corrected chi connectivity index (χ1v) is 16.7. The maximum atomic E-state index is 14.7. The molecule has 1 N–H and O–H groups in total. The van der Waals surface area contributed by atoms with Gasteiger partial charge in [0.05, 0.1) is 17.7 Å². The first-order chi connectivity index (χ1) is 21.8. The molecule has 46 heavy (non-hydrogen) atoms. The van der Waals surface area contributed by atoms with Gasteiger partial charge in [-0.1, -0.05) is 72.8 Å². The van der Waals surface area contributed by atoms with Crippen molar-refractivity contribution in [3.63, 3.8) is 0 Å². The van der Waals surface area contributed by atoms with E-state index in [9.17, 15) is 18.0 Å². The minimum absolute atomic E-state index is 0.0527. The molecule has 0 aliphatic carbocycles. The quantitative estimate of drug-likeness (QED) is 0.203. The molecule has 0 saturated heterocycles. The van der Waals surface area contributed by atoms with Crippen LogP contribution in [0.15, 0.2) is 108 Å². The van der Waals surface area contributed by atoms with Crippen LogP contribution in [0.5, 0.6) is 5.75 Å². The van der Waals surface area contributed by atoms with Crippen molar-refractivity contribution in [1.29, 1.82) is 0 Å². The highest BCUT2D eigenvalue weighted by Crippen LogP contribution is 2.29. The Bertz CT molecular complexity index is 1750. The van der Waals surface area contributed by atoms with Gasteiger partial charge >= 0.3 is 0 Å². The summed E-state index contributed by atoms with van der Waals surface area (Å²) in [5, 5.41) is 3.05. The minimum Gasteiger partial charge on any atom is -0.497 e. The molecule has 0 aliphatic rings. The van der Waals surface area contributed by atoms with E-state index in [0.29, 0.717) is 17.0 Å². The highest BCUT2D eigenvalue weighted by molar-refractivity contribution is 7.92. The van der Waals surface area contributed by atoms with Crippen molar-refractivity contribution in [1.82, 2.24) is 10.2 Å². The molecular weight excluding hydrogens is 598 g/mol. The van der Waals surface area contributed by atoms with Gasteiger partial charge in [-0.25, -0.2) is 8.42 Å². The molecule has 0 aromatic heterocycles. The molecular formula is C37H43N3O5S. The average molecular weight is 642 g/mol. The second-order valence-corrected chi connectivity index (χ2v) is 14.3. The van der Waals surface area contributed by atoms with Crippen LogP contribution in [-0.2, 0) is 32.6 Å². The molecule has 4 aromatic carbocycles. The maximum absolute atomic E-state index is 14.7. The number of ether oxygens (including phenoxy) is 1. The number of methoxy groups -OCH3 is 1. The summed E-state index contributed by atoms with van der Waals surface area (Å²) in [6, 6.07) is 29.4. The summed E-state index contributed by atoms with van der Waals surface area (Å²) < 4.78 is 35.1. The van der Waals surface area contributed by atoms with Crippen molar-refractivity contribution in [3.05, 3.63) is 125 Å². The third kappa shape index (κ3) is 8.75. The normalized spacial score (nSPS) is 12.2. The van der Waals surface area contributed by atoms with Gasteiger partial charge in [0.25, 0.3) is 10.0 Å². The monoisotopic (exact) mass is 641 g/mol. The van der Waals surface area contributed by atoms with Crippen LogP contribution in [-0.4, -0.2) is 50.4 Å². The third-order valence-corrected chi connectivity index (χ3v) is 9.27. The van der Waals surface area contributed by atoms with Crippen LogP contribution in [0, 0.1) is 13.8 Å². The zero-order valence-electron chi connectivity index (χ0n) is 27.4. The molecule has 0 heterocycles. The average Bonchev–Trinajstić information content (AvgIpc) is 3.02. The lowest BCUT2D eigenvalue weighted by Gasteiger charge is -2.35. The summed E-state index contributed by atoms with van der Waals surface area (Å²) in [6.07, 6.45) is 0.230. The van der Waals surface area contributed by atoms with Gasteiger partial charge in [-0.05, 0) is 87.2 Å². The SMILES string of the molecule is COc1cccc(CN(C(=O)CN(c2cc(C)ccc2C)S(=O)(=O)c2ccccc2)[C@@H](Cc2ccccc2)C(=O)NC(C)(C)C)c1. The molecule has 0 saturated carbocycles. The van der Waals surface area contributed by atoms with Crippen LogP contribution in [0.1, 0.15) is 43.0 Å². The van der Waals surface area contributed by atoms with E-state index in [4.69, 9.17) is 4.74 Å². The van der Waals surface area contributed by atoms with Crippen molar-refractivity contribution in [2.24, 2.45) is 0 Å². The second-order valence-electron chi connectivity index (χ2n) is 12.4. The summed E-state index contributed by atoms with van der Waals surface area (Å²) >= 11 is 0. The molecule has 0 spiro atoms. The van der Waals surface area contributed by atoms with Crippen LogP contribution in [0.25, 0.3) is 0 Å². The smallest absolute Gasteiger partial charge is 0.264 e. The van der Waals surface area contributed by atoms with Crippen LogP contribution in [0.3, 0.4) is 0 Å². The van der Waals surface area contributed by atoms with Crippen LogP contribution < -0.4 is 14.4 Å². The molecule has 0 bridgehead atoms. The fourth-order valence-electron chi connectivity index (χ4n) is 5.20. The molecule has 2 amide bonds. The molecule has 4 rings (SSSR count). The fourth-order valence-corrected chi connectivity index (χ4v) is 6.69. The number of aryl methyl sites for hydroxylation is 2. The van der Waals surface area contributed by atoms with E-state index in [1.54, 1.807) is 37.4 Å². The van der Waals surface area contributed by atoms with Crippen molar-refractivity contribution >= 4 is 27.5 Å². The van der Waals surface area contributed by atoms with Gasteiger partial charge in [0.2, 0.25) is 11.8 Å². The summed E-state index contributed by atoms with van der Waals surface area (Å²) in [5.74, 6) is -0.252. The number of nitrogens with zero attached hydrogens (tertiary/aromatic N) is 2. The summed E-state index contributed by atoms with van der Waals surface area (Å²) in [6.45, 7) is 8.88. The van der Waals surface area contributed by atoms with Gasteiger partial charge in [0.1, 0.15) is 18.3 Å². The maximum Gasteiger partial charge on any atom is 0.264 e. The largest absolute Gasteiger partial charge is 0.497 e. The number of benzene rings is 4. The van der Waals surface area contributed by atoms with Gasteiger partial charge in [-0.15, -0.1) is 0 Å². The standard InChI is InChI=1S/C37H43N3O5S/c1-27-20-21-28(2)33(22-27)40(46(43,44)32-18-11-8-12-19-32)26-35(41)39(25-30-16-13-17-31(23-30)45-6)34(36(42)38-37(3,4)5)24-29-14-9-7-10-15-29/h7-23,34H,24-26H2,1-6H3,(H,38,42)/t34-/m0/s1. The molecule has 0 unspecified atom stereocenters. The third-order valence-electron chi connectivity index (χ3n) is 7.50. The number of carbonyl (C=O) groups is 2. The first-order valence-electron chi connectivity index (χ1n) is 15.2. The highest BCUT2D eigenvalue weighted by Gasteiger charge is 2.36. The van der Waals surface area contributed by atoms with Crippen molar-refractivity contribution in [3.8, 4) is 5.75 Å². The highest BCUT2D eigenvalue weighted by atomic mass is 32.2. The Morgan fingerprint density at radius 3 is 2.09 bits per heavy atom. The molecule has 0 fully saturated rings. The van der Waals surface area contributed by atoms with Gasteiger partial charge in [-0.2, -0.15) is 0 Å². The minimum atomic E-state index is -4.17. The van der Waals surface area contributed by atoms with Gasteiger partial charge in [-0.3, -0.25) is 13.9 Å². The van der Waals surface area contributed by atoms with Crippen LogP contribution in [0.2, 0.25) is 0 Å². The molecule has 242 valence electrons. The van der Waals surface area contributed by atoms with E-state index >= 15 is 0 Å². The Morgan fingerprint density at radius 1 is 0.826 bits per heavy atom. The lowest BCUT2D eigenvalue weighted by molar-refractivity contribution is -0.140. The van der Waals surface area contributed by atoms with E-state index < -0.39 is 34.1 Å². The lowest BCUT2D eigenvalue weighted by atomic mass is 10.0. The number of nitrogens with one attached hydrogen (secondary N) is 1. The zero-order chi connectivity index (χ0) is 33.5. The topological polar surface area (TPSA) is 96.0 Å². The number of carbonyl (C=O) groups excluding carboxylic acids is 2. The number of hydrogen-bond donors (Lipinski definition) is 1. The van der Waals surface area contributed by atoms with Crippen molar-refractivity contribution < 1.29 is 22.7 Å². The van der Waals surface area contributed by atoms with Crippen molar-refractivity contribution in [2.75, 3.05) is 18.0 Å². The molecule has 0 radical (unpaired) electrons. The lowest BCUT2D eigenvalue weighted by Crippen LogP contribution is -2.56. The van der Waals surface area contributed by atoms with Gasteiger partial charge in [0, 0.05) is 18.5 Å². The number of rotatable bonds is 12. The summed E-state index contributed by atoms with van der Waals surface area (Å²) in [7, 11) is -2.61. The summed E-state index contributed by atoms with van der Waals surface area (Å²) in [5.41, 5.74) is 2.97. The molecule has 9 heteroatoms. The van der Waals surface area contributed by atoms with E-state index in [1.807, 2.05) is 95.3 Å².